The fraction of sp³-hybridized carbons (Fsp3) is 0.500. The number of phenolic OH excluding ortho intramolecular Hbond substituents is 1. The Morgan fingerprint density at radius 3 is 2.53 bits per heavy atom. The van der Waals surface area contributed by atoms with Crippen LogP contribution in [0.3, 0.4) is 0 Å². The monoisotopic (exact) mass is 436 g/mol. The van der Waals surface area contributed by atoms with E-state index in [1.54, 1.807) is 51.4 Å². The molecule has 30 heavy (non-hydrogen) atoms. The largest absolute Gasteiger partial charge is 0.507 e. The summed E-state index contributed by atoms with van der Waals surface area (Å²) in [5.41, 5.74) is 1.05. The Balaban J connectivity index is 2.43. The number of phenols is 1. The maximum absolute atomic E-state index is 13.8. The highest BCUT2D eigenvalue weighted by molar-refractivity contribution is 7.55. The molecule has 0 saturated carbocycles. The van der Waals surface area contributed by atoms with Crippen LogP contribution in [-0.2, 0) is 14.5 Å². The van der Waals surface area contributed by atoms with E-state index in [1.807, 2.05) is 27.7 Å². The molecule has 2 unspecified atom stereocenters. The zero-order valence-corrected chi connectivity index (χ0v) is 19.7. The third kappa shape index (κ3) is 5.46. The van der Waals surface area contributed by atoms with Crippen LogP contribution in [0, 0.1) is 6.92 Å². The lowest BCUT2D eigenvalue weighted by Crippen LogP contribution is -2.24. The van der Waals surface area contributed by atoms with E-state index in [1.165, 1.54) is 0 Å². The van der Waals surface area contributed by atoms with E-state index in [9.17, 15) is 9.67 Å². The molecule has 0 fully saturated rings. The number of pyridine rings is 1. The van der Waals surface area contributed by atoms with E-state index < -0.39 is 13.4 Å². The van der Waals surface area contributed by atoms with Crippen LogP contribution in [0.2, 0.25) is 0 Å². The molecule has 7 nitrogen and oxygen atoms in total. The molecule has 166 valence electrons. The van der Waals surface area contributed by atoms with Crippen molar-refractivity contribution in [2.75, 3.05) is 19.0 Å². The zero-order valence-electron chi connectivity index (χ0n) is 18.9. The average Bonchev–Trinajstić information content (AvgIpc) is 2.68. The van der Waals surface area contributed by atoms with E-state index in [0.717, 1.165) is 0 Å². The Morgan fingerprint density at radius 1 is 1.27 bits per heavy atom. The van der Waals surface area contributed by atoms with E-state index in [0.29, 0.717) is 34.9 Å². The van der Waals surface area contributed by atoms with Gasteiger partial charge in [-0.3, -0.25) is 4.52 Å². The van der Waals surface area contributed by atoms with Crippen molar-refractivity contribution >= 4 is 13.4 Å². The van der Waals surface area contributed by atoms with Crippen LogP contribution in [0.15, 0.2) is 30.5 Å². The van der Waals surface area contributed by atoms with Crippen LogP contribution in [0.5, 0.6) is 17.2 Å². The lowest BCUT2D eigenvalue weighted by molar-refractivity contribution is 0.271. The Labute approximate surface area is 179 Å². The summed E-state index contributed by atoms with van der Waals surface area (Å²) in [4.78, 5) is 4.29. The summed E-state index contributed by atoms with van der Waals surface area (Å²) in [7, 11) is -2.09. The van der Waals surface area contributed by atoms with Gasteiger partial charge in [-0.15, -0.1) is 0 Å². The Morgan fingerprint density at radius 2 is 1.97 bits per heavy atom. The Kier molecular flexibility index (Phi) is 7.78. The molecule has 2 rings (SSSR count). The summed E-state index contributed by atoms with van der Waals surface area (Å²) in [6.45, 7) is 11.7. The molecule has 0 aliphatic carbocycles. The van der Waals surface area contributed by atoms with Gasteiger partial charge in [0.05, 0.1) is 13.7 Å². The van der Waals surface area contributed by atoms with Crippen molar-refractivity contribution in [3.63, 3.8) is 0 Å². The third-order valence-electron chi connectivity index (χ3n) is 4.69. The summed E-state index contributed by atoms with van der Waals surface area (Å²) in [5, 5.41) is 13.6. The van der Waals surface area contributed by atoms with Gasteiger partial charge >= 0.3 is 7.60 Å². The predicted octanol–water partition coefficient (Wildman–Crippen LogP) is 5.86. The van der Waals surface area contributed by atoms with Gasteiger partial charge in [0, 0.05) is 11.8 Å². The first-order chi connectivity index (χ1) is 14.1. The standard InChI is InChI=1S/C22H33N2O5P/c1-8-19(24-21-18(27-7)11-10-12-23-21)30(26,28-9-2)29-16-13-15(3)20(25)17(14-16)22(4,5)6/h10-14,19,25H,8-9H2,1-7H3,(H,23,24). The van der Waals surface area contributed by atoms with E-state index >= 15 is 0 Å². The molecule has 1 aromatic carbocycles. The van der Waals surface area contributed by atoms with Crippen LogP contribution < -0.4 is 14.6 Å². The predicted molar refractivity (Wildman–Crippen MR) is 120 cm³/mol. The van der Waals surface area contributed by atoms with Gasteiger partial charge < -0.3 is 19.7 Å². The average molecular weight is 436 g/mol. The fourth-order valence-corrected chi connectivity index (χ4v) is 4.95. The molecule has 0 spiro atoms. The zero-order chi connectivity index (χ0) is 22.5. The molecule has 0 radical (unpaired) electrons. The van der Waals surface area contributed by atoms with Gasteiger partial charge in [0.1, 0.15) is 17.3 Å². The summed E-state index contributed by atoms with van der Waals surface area (Å²) < 4.78 is 30.8. The van der Waals surface area contributed by atoms with Gasteiger partial charge in [0.2, 0.25) is 0 Å². The number of ether oxygens (including phenoxy) is 1. The van der Waals surface area contributed by atoms with Crippen LogP contribution in [0.1, 0.15) is 52.2 Å². The van der Waals surface area contributed by atoms with Crippen LogP contribution in [0.4, 0.5) is 5.82 Å². The summed E-state index contributed by atoms with van der Waals surface area (Å²) >= 11 is 0. The molecule has 2 aromatic rings. The maximum Gasteiger partial charge on any atom is 0.401 e. The van der Waals surface area contributed by atoms with Gasteiger partial charge in [-0.05, 0) is 55.5 Å². The lowest BCUT2D eigenvalue weighted by Gasteiger charge is -2.29. The second-order valence-electron chi connectivity index (χ2n) is 8.06. The van der Waals surface area contributed by atoms with Crippen molar-refractivity contribution in [1.29, 1.82) is 0 Å². The lowest BCUT2D eigenvalue weighted by atomic mass is 9.85. The minimum Gasteiger partial charge on any atom is -0.507 e. The molecule has 2 atom stereocenters. The van der Waals surface area contributed by atoms with Gasteiger partial charge in [-0.1, -0.05) is 27.7 Å². The topological polar surface area (TPSA) is 89.9 Å². The maximum atomic E-state index is 13.8. The Hall–Kier alpha value is -2.24. The van der Waals surface area contributed by atoms with E-state index in [4.69, 9.17) is 13.8 Å². The normalized spacial score (nSPS) is 14.6. The quantitative estimate of drug-likeness (QED) is 0.476. The van der Waals surface area contributed by atoms with Crippen molar-refractivity contribution in [1.82, 2.24) is 4.98 Å². The van der Waals surface area contributed by atoms with Crippen molar-refractivity contribution in [3.8, 4) is 17.2 Å². The Bertz CT molecular complexity index is 911. The molecule has 2 N–H and O–H groups in total. The minimum absolute atomic E-state index is 0.212. The molecule has 0 amide bonds. The number of aryl methyl sites for hydroxylation is 1. The number of hydrogen-bond donors (Lipinski definition) is 2. The second kappa shape index (κ2) is 9.71. The highest BCUT2D eigenvalue weighted by Crippen LogP contribution is 2.55. The number of aromatic nitrogens is 1. The molecule has 0 aliphatic heterocycles. The molecular weight excluding hydrogens is 403 g/mol. The smallest absolute Gasteiger partial charge is 0.401 e. The minimum atomic E-state index is -3.64. The molecular formula is C22H33N2O5P. The molecule has 8 heteroatoms. The SMILES string of the molecule is CCOP(=O)(Oc1cc(C)c(O)c(C(C)(C)C)c1)C(CC)Nc1ncccc1OC. The van der Waals surface area contributed by atoms with Crippen LogP contribution >= 0.6 is 7.60 Å². The van der Waals surface area contributed by atoms with Crippen molar-refractivity contribution < 1.29 is 23.5 Å². The number of rotatable bonds is 9. The molecule has 0 aliphatic rings. The van der Waals surface area contributed by atoms with Gasteiger partial charge in [0.15, 0.2) is 11.6 Å². The fourth-order valence-electron chi connectivity index (χ4n) is 3.10. The summed E-state index contributed by atoms with van der Waals surface area (Å²) in [5.74, 6) is 0.959. The van der Waals surface area contributed by atoms with Gasteiger partial charge in [-0.25, -0.2) is 9.55 Å². The van der Waals surface area contributed by atoms with Crippen LogP contribution in [0.25, 0.3) is 0 Å². The van der Waals surface area contributed by atoms with Crippen molar-refractivity contribution in [3.05, 3.63) is 41.6 Å². The summed E-state index contributed by atoms with van der Waals surface area (Å²) in [6.07, 6.45) is 2.10. The molecule has 0 saturated heterocycles. The number of anilines is 1. The number of aromatic hydroxyl groups is 1. The second-order valence-corrected chi connectivity index (χ2v) is 10.2. The van der Waals surface area contributed by atoms with Crippen molar-refractivity contribution in [2.45, 2.75) is 59.2 Å². The summed E-state index contributed by atoms with van der Waals surface area (Å²) in [6, 6.07) is 6.93. The number of benzene rings is 1. The number of methoxy groups -OCH3 is 1. The molecule has 1 aromatic heterocycles. The van der Waals surface area contributed by atoms with Crippen LogP contribution in [-0.4, -0.2) is 29.6 Å². The number of nitrogens with one attached hydrogen (secondary N) is 1. The first kappa shape index (κ1) is 24.0. The van der Waals surface area contributed by atoms with E-state index in [2.05, 4.69) is 10.3 Å². The van der Waals surface area contributed by atoms with E-state index in [-0.39, 0.29) is 17.8 Å². The molecule has 1 heterocycles. The molecule has 0 bridgehead atoms. The van der Waals surface area contributed by atoms with Crippen molar-refractivity contribution in [2.24, 2.45) is 0 Å². The third-order valence-corrected chi connectivity index (χ3v) is 7.03. The number of hydrogen-bond acceptors (Lipinski definition) is 7. The van der Waals surface area contributed by atoms with Gasteiger partial charge in [0.25, 0.3) is 0 Å². The highest BCUT2D eigenvalue weighted by atomic mass is 31.2. The first-order valence-corrected chi connectivity index (χ1v) is 11.7. The van der Waals surface area contributed by atoms with Gasteiger partial charge in [-0.2, -0.15) is 0 Å². The number of nitrogens with zero attached hydrogens (tertiary/aromatic N) is 1. The first-order valence-electron chi connectivity index (χ1n) is 10.1. The highest BCUT2D eigenvalue weighted by Gasteiger charge is 2.37.